The lowest BCUT2D eigenvalue weighted by atomic mass is 9.95. The molecule has 124 valence electrons. The minimum Gasteiger partial charge on any atom is -0.330 e. The van der Waals surface area contributed by atoms with Crippen LogP contribution in [0.15, 0.2) is 30.5 Å². The monoisotopic (exact) mass is 320 g/mol. The lowest BCUT2D eigenvalue weighted by Gasteiger charge is -2.32. The highest BCUT2D eigenvalue weighted by molar-refractivity contribution is 5.33. The van der Waals surface area contributed by atoms with Crippen molar-refractivity contribution in [3.05, 3.63) is 47.8 Å². The van der Waals surface area contributed by atoms with Gasteiger partial charge in [-0.15, -0.1) is 0 Å². The number of likely N-dealkylation sites (tertiary alicyclic amines) is 1. The van der Waals surface area contributed by atoms with Crippen molar-refractivity contribution >= 4 is 0 Å². The quantitative estimate of drug-likeness (QED) is 0.921. The lowest BCUT2D eigenvalue weighted by Crippen LogP contribution is -2.35. The van der Waals surface area contributed by atoms with E-state index < -0.39 is 11.6 Å². The Balaban J connectivity index is 1.67. The molecule has 1 fully saturated rings. The van der Waals surface area contributed by atoms with Gasteiger partial charge in [0.1, 0.15) is 11.5 Å². The molecule has 4 nitrogen and oxygen atoms in total. The van der Waals surface area contributed by atoms with Crippen LogP contribution < -0.4 is 5.73 Å². The zero-order chi connectivity index (χ0) is 16.2. The van der Waals surface area contributed by atoms with E-state index in [2.05, 4.69) is 10.00 Å². The summed E-state index contributed by atoms with van der Waals surface area (Å²) in [5.41, 5.74) is 6.81. The lowest BCUT2D eigenvalue weighted by molar-refractivity contribution is 0.161. The van der Waals surface area contributed by atoms with Gasteiger partial charge >= 0.3 is 0 Å². The third-order valence-electron chi connectivity index (χ3n) is 4.36. The average molecular weight is 320 g/mol. The van der Waals surface area contributed by atoms with E-state index in [9.17, 15) is 8.78 Å². The summed E-state index contributed by atoms with van der Waals surface area (Å²) in [6, 6.07) is 5.40. The number of nitrogens with two attached hydrogens (primary N) is 1. The number of nitrogens with zero attached hydrogens (tertiary/aromatic N) is 3. The Morgan fingerprint density at radius 3 is 2.91 bits per heavy atom. The van der Waals surface area contributed by atoms with E-state index in [1.165, 1.54) is 29.7 Å². The molecule has 2 N–H and O–H groups in total. The van der Waals surface area contributed by atoms with Crippen molar-refractivity contribution in [3.8, 4) is 5.69 Å². The predicted octanol–water partition coefficient (Wildman–Crippen LogP) is 2.71. The van der Waals surface area contributed by atoms with Crippen molar-refractivity contribution in [1.29, 1.82) is 0 Å². The van der Waals surface area contributed by atoms with Gasteiger partial charge in [0.2, 0.25) is 0 Å². The minimum absolute atomic E-state index is 0.261. The summed E-state index contributed by atoms with van der Waals surface area (Å²) in [7, 11) is 0. The maximum absolute atomic E-state index is 13.8. The summed E-state index contributed by atoms with van der Waals surface area (Å²) in [4.78, 5) is 2.37. The van der Waals surface area contributed by atoms with E-state index in [-0.39, 0.29) is 5.69 Å². The maximum atomic E-state index is 13.8. The number of hydrogen-bond acceptors (Lipinski definition) is 3. The van der Waals surface area contributed by atoms with Crippen molar-refractivity contribution in [2.75, 3.05) is 19.6 Å². The second-order valence-corrected chi connectivity index (χ2v) is 6.17. The van der Waals surface area contributed by atoms with Gasteiger partial charge in [0, 0.05) is 25.4 Å². The van der Waals surface area contributed by atoms with Crippen LogP contribution >= 0.6 is 0 Å². The highest BCUT2D eigenvalue weighted by Gasteiger charge is 2.20. The second-order valence-electron chi connectivity index (χ2n) is 6.17. The van der Waals surface area contributed by atoms with E-state index >= 15 is 0 Å². The Morgan fingerprint density at radius 1 is 1.26 bits per heavy atom. The summed E-state index contributed by atoms with van der Waals surface area (Å²) in [6.07, 6.45) is 5.19. The molecule has 2 aromatic rings. The summed E-state index contributed by atoms with van der Waals surface area (Å²) in [5.74, 6) is -0.538. The first-order valence-corrected chi connectivity index (χ1v) is 8.08. The molecule has 1 saturated heterocycles. The largest absolute Gasteiger partial charge is 0.330 e. The molecule has 0 spiro atoms. The van der Waals surface area contributed by atoms with Crippen LogP contribution in [0, 0.1) is 17.6 Å². The van der Waals surface area contributed by atoms with Crippen molar-refractivity contribution in [2.24, 2.45) is 11.7 Å². The molecule has 1 atom stereocenters. The van der Waals surface area contributed by atoms with Crippen LogP contribution in [0.5, 0.6) is 0 Å². The first kappa shape index (κ1) is 16.1. The molecule has 23 heavy (non-hydrogen) atoms. The second kappa shape index (κ2) is 7.19. The highest BCUT2D eigenvalue weighted by atomic mass is 19.1. The molecule has 0 amide bonds. The molecular formula is C17H22F2N4. The first-order chi connectivity index (χ1) is 11.2. The molecule has 0 bridgehead atoms. The van der Waals surface area contributed by atoms with Gasteiger partial charge in [-0.3, -0.25) is 4.90 Å². The fourth-order valence-corrected chi connectivity index (χ4v) is 3.24. The molecule has 2 heterocycles. The van der Waals surface area contributed by atoms with Gasteiger partial charge in [-0.1, -0.05) is 0 Å². The summed E-state index contributed by atoms with van der Waals surface area (Å²) in [6.45, 7) is 3.57. The van der Waals surface area contributed by atoms with Crippen LogP contribution in [0.2, 0.25) is 0 Å². The third-order valence-corrected chi connectivity index (χ3v) is 4.36. The zero-order valence-electron chi connectivity index (χ0n) is 13.1. The van der Waals surface area contributed by atoms with Crippen LogP contribution in [0.4, 0.5) is 8.78 Å². The van der Waals surface area contributed by atoms with E-state index in [1.807, 2.05) is 6.07 Å². The van der Waals surface area contributed by atoms with Crippen LogP contribution in [-0.2, 0) is 6.54 Å². The minimum atomic E-state index is -0.611. The highest BCUT2D eigenvalue weighted by Crippen LogP contribution is 2.21. The number of rotatable bonds is 5. The predicted molar refractivity (Wildman–Crippen MR) is 85.2 cm³/mol. The Bertz CT molecular complexity index is 654. The maximum Gasteiger partial charge on any atom is 0.151 e. The Kier molecular flexibility index (Phi) is 5.03. The molecule has 0 aliphatic carbocycles. The van der Waals surface area contributed by atoms with Gasteiger partial charge in [0.05, 0.1) is 5.69 Å². The number of aromatic nitrogens is 2. The van der Waals surface area contributed by atoms with Gasteiger partial charge < -0.3 is 5.73 Å². The molecule has 1 aromatic carbocycles. The van der Waals surface area contributed by atoms with Crippen molar-refractivity contribution in [1.82, 2.24) is 14.7 Å². The zero-order valence-corrected chi connectivity index (χ0v) is 13.1. The van der Waals surface area contributed by atoms with Gasteiger partial charge in [-0.2, -0.15) is 5.10 Å². The first-order valence-electron chi connectivity index (χ1n) is 8.08. The van der Waals surface area contributed by atoms with Gasteiger partial charge in [-0.25, -0.2) is 13.5 Å². The summed E-state index contributed by atoms with van der Waals surface area (Å²) in [5, 5.41) is 4.42. The number of halogens is 2. The van der Waals surface area contributed by atoms with E-state index in [1.54, 1.807) is 6.20 Å². The van der Waals surface area contributed by atoms with Crippen LogP contribution in [0.3, 0.4) is 0 Å². The van der Waals surface area contributed by atoms with Crippen molar-refractivity contribution < 1.29 is 8.78 Å². The summed E-state index contributed by atoms with van der Waals surface area (Å²) < 4.78 is 28.3. The van der Waals surface area contributed by atoms with Crippen LogP contribution in [0.25, 0.3) is 5.69 Å². The molecule has 0 radical (unpaired) electrons. The summed E-state index contributed by atoms with van der Waals surface area (Å²) >= 11 is 0. The fourth-order valence-electron chi connectivity index (χ4n) is 3.24. The fraction of sp³-hybridized carbons (Fsp3) is 0.471. The van der Waals surface area contributed by atoms with Gasteiger partial charge in [0.25, 0.3) is 0 Å². The molecule has 1 unspecified atom stereocenters. The molecule has 0 saturated carbocycles. The van der Waals surface area contributed by atoms with Crippen molar-refractivity contribution in [2.45, 2.75) is 25.8 Å². The molecule has 1 aliphatic rings. The Morgan fingerprint density at radius 2 is 2.13 bits per heavy atom. The standard InChI is InChI=1S/C17H22F2N4/c18-14-3-4-17(16(19)10-14)23-9-6-15(21-23)12-22-8-1-2-13(11-22)5-7-20/h3-4,6,9-10,13H,1-2,5,7-8,11-12,20H2. The Labute approximate surface area is 134 Å². The average Bonchev–Trinajstić information content (AvgIpc) is 2.96. The smallest absolute Gasteiger partial charge is 0.151 e. The number of hydrogen-bond donors (Lipinski definition) is 1. The molecule has 6 heteroatoms. The number of benzene rings is 1. The molecule has 1 aromatic heterocycles. The third kappa shape index (κ3) is 3.95. The van der Waals surface area contributed by atoms with Crippen LogP contribution in [0.1, 0.15) is 25.0 Å². The van der Waals surface area contributed by atoms with E-state index in [0.29, 0.717) is 5.92 Å². The Hall–Kier alpha value is -1.79. The molecule has 3 rings (SSSR count). The van der Waals surface area contributed by atoms with Crippen molar-refractivity contribution in [3.63, 3.8) is 0 Å². The topological polar surface area (TPSA) is 47.1 Å². The number of piperidine rings is 1. The van der Waals surface area contributed by atoms with Crippen LogP contribution in [-0.4, -0.2) is 34.3 Å². The normalized spacial score (nSPS) is 19.2. The van der Waals surface area contributed by atoms with Gasteiger partial charge in [-0.05, 0) is 56.5 Å². The van der Waals surface area contributed by atoms with E-state index in [0.717, 1.165) is 44.4 Å². The van der Waals surface area contributed by atoms with Gasteiger partial charge in [0.15, 0.2) is 5.82 Å². The molecular weight excluding hydrogens is 298 g/mol. The molecule has 1 aliphatic heterocycles. The van der Waals surface area contributed by atoms with E-state index in [4.69, 9.17) is 5.73 Å². The SMILES string of the molecule is NCCC1CCCN(Cc2ccn(-c3ccc(F)cc3F)n2)C1.